The van der Waals surface area contributed by atoms with E-state index in [4.69, 9.17) is 16.7 Å². The lowest BCUT2D eigenvalue weighted by Crippen LogP contribution is -2.27. The highest BCUT2D eigenvalue weighted by Crippen LogP contribution is 2.25. The van der Waals surface area contributed by atoms with Crippen molar-refractivity contribution in [1.82, 2.24) is 5.32 Å². The van der Waals surface area contributed by atoms with Crippen LogP contribution in [0.15, 0.2) is 47.4 Å². The van der Waals surface area contributed by atoms with Gasteiger partial charge in [0.05, 0.1) is 11.1 Å². The fourth-order valence-electron chi connectivity index (χ4n) is 2.07. The van der Waals surface area contributed by atoms with E-state index < -0.39 is 22.0 Å². The quantitative estimate of drug-likeness (QED) is 0.781. The number of nitrogens with two attached hydrogens (primary N) is 1. The number of halogens is 1. The Morgan fingerprint density at radius 2 is 1.91 bits per heavy atom. The third-order valence-electron chi connectivity index (χ3n) is 3.25. The molecule has 0 aliphatic rings. The third kappa shape index (κ3) is 4.01. The van der Waals surface area contributed by atoms with E-state index in [9.17, 15) is 18.3 Å². The van der Waals surface area contributed by atoms with Gasteiger partial charge in [-0.25, -0.2) is 13.6 Å². The first-order valence-corrected chi connectivity index (χ1v) is 8.53. The van der Waals surface area contributed by atoms with E-state index in [1.807, 2.05) is 0 Å². The number of amides is 1. The number of para-hydroxylation sites is 1. The van der Waals surface area contributed by atoms with Gasteiger partial charge in [0.2, 0.25) is 10.0 Å². The number of hydrogen-bond acceptors (Lipinski definition) is 4. The highest BCUT2D eigenvalue weighted by Gasteiger charge is 2.18. The fourth-order valence-corrected chi connectivity index (χ4v) is 3.15. The molecule has 2 aromatic carbocycles. The summed E-state index contributed by atoms with van der Waals surface area (Å²) in [6, 6.07) is 9.92. The molecular formula is C15H15ClN2O4S. The molecule has 0 radical (unpaired) electrons. The van der Waals surface area contributed by atoms with E-state index in [1.165, 1.54) is 18.2 Å². The Bertz CT molecular complexity index is 852. The molecule has 23 heavy (non-hydrogen) atoms. The number of rotatable bonds is 4. The summed E-state index contributed by atoms with van der Waals surface area (Å²) in [5.41, 5.74) is 0.641. The second-order valence-electron chi connectivity index (χ2n) is 4.94. The summed E-state index contributed by atoms with van der Waals surface area (Å²) < 4.78 is 22.9. The van der Waals surface area contributed by atoms with Crippen molar-refractivity contribution in [3.05, 3.63) is 58.6 Å². The number of carbonyl (C=O) groups excluding carboxylic acids is 1. The Hall–Kier alpha value is -2.09. The van der Waals surface area contributed by atoms with Crippen LogP contribution in [0.4, 0.5) is 0 Å². The Morgan fingerprint density at radius 1 is 1.26 bits per heavy atom. The SMILES string of the molecule is C[C@H](NC(=O)c1ccc(Cl)c(S(N)(=O)=O)c1)c1ccccc1O. The molecule has 0 saturated carbocycles. The number of carbonyl (C=O) groups is 1. The predicted octanol–water partition coefficient (Wildman–Crippen LogP) is 2.18. The van der Waals surface area contributed by atoms with Crippen molar-refractivity contribution < 1.29 is 18.3 Å². The largest absolute Gasteiger partial charge is 0.508 e. The molecule has 0 aliphatic carbocycles. The van der Waals surface area contributed by atoms with Crippen molar-refractivity contribution >= 4 is 27.5 Å². The van der Waals surface area contributed by atoms with Crippen LogP contribution >= 0.6 is 11.6 Å². The van der Waals surface area contributed by atoms with Crippen molar-refractivity contribution in [3.8, 4) is 5.75 Å². The van der Waals surface area contributed by atoms with Crippen molar-refractivity contribution in [2.24, 2.45) is 5.14 Å². The number of phenolic OH excluding ortho intramolecular Hbond substituents is 1. The summed E-state index contributed by atoms with van der Waals surface area (Å²) in [4.78, 5) is 11.9. The molecule has 1 atom stereocenters. The zero-order valence-corrected chi connectivity index (χ0v) is 13.7. The summed E-state index contributed by atoms with van der Waals surface area (Å²) >= 11 is 5.78. The van der Waals surface area contributed by atoms with Gasteiger partial charge in [0.1, 0.15) is 10.6 Å². The van der Waals surface area contributed by atoms with E-state index in [1.54, 1.807) is 25.1 Å². The number of nitrogens with one attached hydrogen (secondary N) is 1. The monoisotopic (exact) mass is 354 g/mol. The van der Waals surface area contributed by atoms with Gasteiger partial charge in [-0.1, -0.05) is 29.8 Å². The van der Waals surface area contributed by atoms with Crippen molar-refractivity contribution in [3.63, 3.8) is 0 Å². The summed E-state index contributed by atoms with van der Waals surface area (Å²) in [5, 5.41) is 17.5. The molecule has 0 spiro atoms. The minimum atomic E-state index is -4.03. The molecule has 0 bridgehead atoms. The minimum Gasteiger partial charge on any atom is -0.508 e. The van der Waals surface area contributed by atoms with Gasteiger partial charge in [0.25, 0.3) is 5.91 Å². The van der Waals surface area contributed by atoms with E-state index in [0.29, 0.717) is 5.56 Å². The minimum absolute atomic E-state index is 0.0571. The van der Waals surface area contributed by atoms with Gasteiger partial charge in [-0.05, 0) is 31.2 Å². The molecule has 2 aromatic rings. The van der Waals surface area contributed by atoms with E-state index in [-0.39, 0.29) is 21.2 Å². The Morgan fingerprint density at radius 3 is 2.52 bits per heavy atom. The normalized spacial score (nSPS) is 12.7. The molecule has 2 rings (SSSR count). The van der Waals surface area contributed by atoms with Crippen LogP contribution in [0.5, 0.6) is 5.75 Å². The van der Waals surface area contributed by atoms with Gasteiger partial charge in [0, 0.05) is 11.1 Å². The number of primary sulfonamides is 1. The standard InChI is InChI=1S/C15H15ClN2O4S/c1-9(11-4-2-3-5-13(11)19)18-15(20)10-6-7-12(16)14(8-10)23(17,21)22/h2-9,19H,1H3,(H,18,20)(H2,17,21,22)/t9-/m0/s1. The Balaban J connectivity index is 2.27. The molecule has 8 heteroatoms. The van der Waals surface area contributed by atoms with Crippen LogP contribution in [-0.2, 0) is 10.0 Å². The smallest absolute Gasteiger partial charge is 0.251 e. The van der Waals surface area contributed by atoms with E-state index in [0.717, 1.165) is 6.07 Å². The zero-order valence-electron chi connectivity index (χ0n) is 12.2. The van der Waals surface area contributed by atoms with Gasteiger partial charge in [-0.3, -0.25) is 4.79 Å². The molecule has 0 fully saturated rings. The van der Waals surface area contributed by atoms with Crippen LogP contribution in [0.1, 0.15) is 28.9 Å². The van der Waals surface area contributed by atoms with Crippen LogP contribution in [0.2, 0.25) is 5.02 Å². The third-order valence-corrected chi connectivity index (χ3v) is 4.64. The molecule has 1 amide bonds. The number of benzene rings is 2. The lowest BCUT2D eigenvalue weighted by atomic mass is 10.1. The number of hydrogen-bond donors (Lipinski definition) is 3. The molecule has 0 heterocycles. The van der Waals surface area contributed by atoms with Crippen LogP contribution < -0.4 is 10.5 Å². The predicted molar refractivity (Wildman–Crippen MR) is 86.8 cm³/mol. The summed E-state index contributed by atoms with van der Waals surface area (Å²) in [7, 11) is -4.03. The maximum Gasteiger partial charge on any atom is 0.251 e. The Kier molecular flexibility index (Phi) is 4.93. The van der Waals surface area contributed by atoms with Gasteiger partial charge in [-0.2, -0.15) is 0 Å². The van der Waals surface area contributed by atoms with Gasteiger partial charge < -0.3 is 10.4 Å². The first kappa shape index (κ1) is 17.3. The van der Waals surface area contributed by atoms with Gasteiger partial charge in [0.15, 0.2) is 0 Å². The molecule has 6 nitrogen and oxygen atoms in total. The van der Waals surface area contributed by atoms with Gasteiger partial charge >= 0.3 is 0 Å². The highest BCUT2D eigenvalue weighted by molar-refractivity contribution is 7.89. The average molecular weight is 355 g/mol. The van der Waals surface area contributed by atoms with Gasteiger partial charge in [-0.15, -0.1) is 0 Å². The van der Waals surface area contributed by atoms with Crippen LogP contribution in [0.25, 0.3) is 0 Å². The molecule has 0 aliphatic heterocycles. The number of aromatic hydroxyl groups is 1. The molecule has 4 N–H and O–H groups in total. The summed E-state index contributed by atoms with van der Waals surface area (Å²) in [6.45, 7) is 1.70. The molecule has 0 saturated heterocycles. The van der Waals surface area contributed by atoms with Crippen molar-refractivity contribution in [1.29, 1.82) is 0 Å². The Labute approximate surface area is 138 Å². The second kappa shape index (κ2) is 6.57. The molecule has 122 valence electrons. The maximum absolute atomic E-state index is 12.3. The summed E-state index contributed by atoms with van der Waals surface area (Å²) in [5.74, 6) is -0.455. The number of sulfonamides is 1. The zero-order chi connectivity index (χ0) is 17.2. The van der Waals surface area contributed by atoms with Crippen molar-refractivity contribution in [2.45, 2.75) is 17.9 Å². The van der Waals surface area contributed by atoms with Crippen LogP contribution in [0, 0.1) is 0 Å². The lowest BCUT2D eigenvalue weighted by molar-refractivity contribution is 0.0939. The molecule has 0 unspecified atom stereocenters. The first-order valence-electron chi connectivity index (χ1n) is 6.61. The summed E-state index contributed by atoms with van der Waals surface area (Å²) in [6.07, 6.45) is 0. The molecule has 0 aromatic heterocycles. The number of phenols is 1. The van der Waals surface area contributed by atoms with E-state index in [2.05, 4.69) is 5.32 Å². The fraction of sp³-hybridized carbons (Fsp3) is 0.133. The maximum atomic E-state index is 12.3. The highest BCUT2D eigenvalue weighted by atomic mass is 35.5. The topological polar surface area (TPSA) is 109 Å². The molecular weight excluding hydrogens is 340 g/mol. The first-order chi connectivity index (χ1) is 10.7. The van der Waals surface area contributed by atoms with Crippen molar-refractivity contribution in [2.75, 3.05) is 0 Å². The van der Waals surface area contributed by atoms with E-state index >= 15 is 0 Å². The lowest BCUT2D eigenvalue weighted by Gasteiger charge is -2.16. The average Bonchev–Trinajstić information content (AvgIpc) is 2.46. The second-order valence-corrected chi connectivity index (χ2v) is 6.88. The van der Waals surface area contributed by atoms with Crippen LogP contribution in [-0.4, -0.2) is 19.4 Å². The van der Waals surface area contributed by atoms with Crippen LogP contribution in [0.3, 0.4) is 0 Å².